The molecule has 0 aliphatic carbocycles. The van der Waals surface area contributed by atoms with Crippen molar-refractivity contribution in [3.8, 4) is 11.3 Å². The Morgan fingerprint density at radius 1 is 1.41 bits per heavy atom. The molecule has 0 unspecified atom stereocenters. The number of nitrogens with zero attached hydrogens (tertiary/aromatic N) is 3. The Kier molecular flexibility index (Phi) is 3.86. The molecule has 0 aliphatic rings. The number of aromatic nitrogens is 3. The van der Waals surface area contributed by atoms with Gasteiger partial charge in [0.25, 0.3) is 0 Å². The van der Waals surface area contributed by atoms with Crippen molar-refractivity contribution >= 4 is 15.9 Å². The van der Waals surface area contributed by atoms with Gasteiger partial charge < -0.3 is 5.73 Å². The van der Waals surface area contributed by atoms with Gasteiger partial charge in [0.2, 0.25) is 0 Å². The molecule has 90 valence electrons. The monoisotopic (exact) mass is 298 g/mol. The molecule has 0 amide bonds. The fourth-order valence-corrected chi connectivity index (χ4v) is 2.04. The first-order valence-electron chi connectivity index (χ1n) is 5.26. The number of aryl methyl sites for hydroxylation is 1. The smallest absolute Gasteiger partial charge is 0.124 e. The number of nitrogens with two attached hydrogens (primary N) is 1. The van der Waals surface area contributed by atoms with Gasteiger partial charge in [0.15, 0.2) is 0 Å². The van der Waals surface area contributed by atoms with Gasteiger partial charge in [0, 0.05) is 16.6 Å². The van der Waals surface area contributed by atoms with Crippen molar-refractivity contribution in [2.75, 3.05) is 6.54 Å². The quantitative estimate of drug-likeness (QED) is 0.941. The highest BCUT2D eigenvalue weighted by atomic mass is 79.9. The van der Waals surface area contributed by atoms with Crippen LogP contribution in [-0.4, -0.2) is 21.5 Å². The summed E-state index contributed by atoms with van der Waals surface area (Å²) in [5.74, 6) is -0.281. The zero-order chi connectivity index (χ0) is 12.3. The highest BCUT2D eigenvalue weighted by molar-refractivity contribution is 9.10. The molecule has 17 heavy (non-hydrogen) atoms. The molecule has 2 N–H and O–H groups in total. The van der Waals surface area contributed by atoms with Gasteiger partial charge in [0.05, 0.1) is 6.20 Å². The molecule has 0 saturated heterocycles. The second-order valence-corrected chi connectivity index (χ2v) is 4.49. The van der Waals surface area contributed by atoms with Crippen LogP contribution in [-0.2, 0) is 6.54 Å². The van der Waals surface area contributed by atoms with Crippen molar-refractivity contribution in [2.45, 2.75) is 13.0 Å². The first kappa shape index (κ1) is 12.2. The molecule has 1 aromatic heterocycles. The van der Waals surface area contributed by atoms with Gasteiger partial charge in [-0.2, -0.15) is 0 Å². The number of hydrogen-bond donors (Lipinski definition) is 1. The molecule has 0 spiro atoms. The molecule has 0 radical (unpaired) electrons. The summed E-state index contributed by atoms with van der Waals surface area (Å²) >= 11 is 3.31. The molecule has 2 aromatic rings. The Labute approximate surface area is 107 Å². The van der Waals surface area contributed by atoms with Crippen LogP contribution in [0.5, 0.6) is 0 Å². The van der Waals surface area contributed by atoms with E-state index < -0.39 is 0 Å². The van der Waals surface area contributed by atoms with Crippen molar-refractivity contribution in [2.24, 2.45) is 5.73 Å². The highest BCUT2D eigenvalue weighted by Gasteiger charge is 2.08. The van der Waals surface area contributed by atoms with E-state index in [0.29, 0.717) is 16.7 Å². The molecule has 0 fully saturated rings. The Balaban J connectivity index is 2.24. The van der Waals surface area contributed by atoms with Crippen LogP contribution >= 0.6 is 15.9 Å². The Morgan fingerprint density at radius 2 is 2.24 bits per heavy atom. The van der Waals surface area contributed by atoms with E-state index in [1.807, 2.05) is 6.20 Å². The minimum atomic E-state index is -0.281. The van der Waals surface area contributed by atoms with Crippen LogP contribution in [0.1, 0.15) is 6.42 Å². The fourth-order valence-electron chi connectivity index (χ4n) is 1.48. The van der Waals surface area contributed by atoms with Gasteiger partial charge in [-0.25, -0.2) is 4.39 Å². The lowest BCUT2D eigenvalue weighted by molar-refractivity contribution is 0.564. The Hall–Kier alpha value is -1.27. The largest absolute Gasteiger partial charge is 0.330 e. The van der Waals surface area contributed by atoms with Gasteiger partial charge in [-0.05, 0) is 47.1 Å². The second-order valence-electron chi connectivity index (χ2n) is 3.63. The van der Waals surface area contributed by atoms with Gasteiger partial charge in [-0.15, -0.1) is 5.10 Å². The van der Waals surface area contributed by atoms with E-state index in [-0.39, 0.29) is 5.82 Å². The van der Waals surface area contributed by atoms with E-state index >= 15 is 0 Å². The van der Waals surface area contributed by atoms with Crippen molar-refractivity contribution in [1.82, 2.24) is 15.0 Å². The predicted molar refractivity (Wildman–Crippen MR) is 66.8 cm³/mol. The molecule has 0 aliphatic heterocycles. The summed E-state index contributed by atoms with van der Waals surface area (Å²) in [6.07, 6.45) is 2.68. The van der Waals surface area contributed by atoms with Crippen LogP contribution in [0.25, 0.3) is 11.3 Å². The van der Waals surface area contributed by atoms with Crippen molar-refractivity contribution in [1.29, 1.82) is 0 Å². The maximum absolute atomic E-state index is 12.9. The van der Waals surface area contributed by atoms with E-state index in [9.17, 15) is 4.39 Å². The summed E-state index contributed by atoms with van der Waals surface area (Å²) < 4.78 is 15.4. The molecule has 0 saturated carbocycles. The van der Waals surface area contributed by atoms with E-state index in [1.54, 1.807) is 10.7 Å². The molecule has 6 heteroatoms. The SMILES string of the molecule is NCCCn1cc(-c2ccc(F)cc2Br)nn1. The van der Waals surface area contributed by atoms with E-state index in [1.165, 1.54) is 12.1 Å². The van der Waals surface area contributed by atoms with Gasteiger partial charge in [0.1, 0.15) is 11.5 Å². The summed E-state index contributed by atoms with van der Waals surface area (Å²) in [7, 11) is 0. The summed E-state index contributed by atoms with van der Waals surface area (Å²) in [6.45, 7) is 1.36. The number of rotatable bonds is 4. The zero-order valence-electron chi connectivity index (χ0n) is 9.11. The van der Waals surface area contributed by atoms with E-state index in [4.69, 9.17) is 5.73 Å². The standard InChI is InChI=1S/C11H12BrFN4/c12-10-6-8(13)2-3-9(10)11-7-17(16-15-11)5-1-4-14/h2-3,6-7H,1,4-5,14H2. The molecule has 2 rings (SSSR count). The van der Waals surface area contributed by atoms with Crippen LogP contribution in [0.2, 0.25) is 0 Å². The van der Waals surface area contributed by atoms with E-state index in [0.717, 1.165) is 18.5 Å². The fraction of sp³-hybridized carbons (Fsp3) is 0.273. The summed E-state index contributed by atoms with van der Waals surface area (Å²) in [5, 5.41) is 8.04. The van der Waals surface area contributed by atoms with Crippen LogP contribution in [0, 0.1) is 5.82 Å². The minimum absolute atomic E-state index is 0.281. The lowest BCUT2D eigenvalue weighted by Crippen LogP contribution is -2.06. The van der Waals surface area contributed by atoms with E-state index in [2.05, 4.69) is 26.2 Å². The summed E-state index contributed by atoms with van der Waals surface area (Å²) in [6, 6.07) is 4.49. The average Bonchev–Trinajstić information content (AvgIpc) is 2.75. The lowest BCUT2D eigenvalue weighted by atomic mass is 10.2. The third-order valence-corrected chi connectivity index (χ3v) is 2.99. The van der Waals surface area contributed by atoms with Crippen LogP contribution in [0.3, 0.4) is 0 Å². The topological polar surface area (TPSA) is 56.7 Å². The van der Waals surface area contributed by atoms with Crippen molar-refractivity contribution < 1.29 is 4.39 Å². The lowest BCUT2D eigenvalue weighted by Gasteiger charge is -1.99. The summed E-state index contributed by atoms with van der Waals surface area (Å²) in [4.78, 5) is 0. The molecule has 0 atom stereocenters. The third-order valence-electron chi connectivity index (χ3n) is 2.34. The number of hydrogen-bond acceptors (Lipinski definition) is 3. The predicted octanol–water partition coefficient (Wildman–Crippen LogP) is 2.20. The maximum atomic E-state index is 12.9. The number of halogens is 2. The van der Waals surface area contributed by atoms with Gasteiger partial charge >= 0.3 is 0 Å². The Bertz CT molecular complexity index is 512. The van der Waals surface area contributed by atoms with Gasteiger partial charge in [-0.1, -0.05) is 5.21 Å². The normalized spacial score (nSPS) is 10.8. The molecule has 1 aromatic carbocycles. The molecule has 0 bridgehead atoms. The van der Waals surface area contributed by atoms with Crippen LogP contribution in [0.15, 0.2) is 28.9 Å². The van der Waals surface area contributed by atoms with Crippen LogP contribution < -0.4 is 5.73 Å². The second kappa shape index (κ2) is 5.37. The first-order valence-corrected chi connectivity index (χ1v) is 6.05. The molecular formula is C11H12BrFN4. The molecular weight excluding hydrogens is 287 g/mol. The summed E-state index contributed by atoms with van der Waals surface area (Å²) in [5.41, 5.74) is 6.97. The Morgan fingerprint density at radius 3 is 2.94 bits per heavy atom. The number of benzene rings is 1. The maximum Gasteiger partial charge on any atom is 0.124 e. The third kappa shape index (κ3) is 2.89. The minimum Gasteiger partial charge on any atom is -0.330 e. The van der Waals surface area contributed by atoms with Crippen molar-refractivity contribution in [3.05, 3.63) is 34.7 Å². The highest BCUT2D eigenvalue weighted by Crippen LogP contribution is 2.26. The molecule has 4 nitrogen and oxygen atoms in total. The van der Waals surface area contributed by atoms with Gasteiger partial charge in [-0.3, -0.25) is 4.68 Å². The zero-order valence-corrected chi connectivity index (χ0v) is 10.7. The average molecular weight is 299 g/mol. The molecule has 1 heterocycles. The first-order chi connectivity index (χ1) is 8.20. The van der Waals surface area contributed by atoms with Crippen LogP contribution in [0.4, 0.5) is 4.39 Å². The van der Waals surface area contributed by atoms with Crippen molar-refractivity contribution in [3.63, 3.8) is 0 Å².